The summed E-state index contributed by atoms with van der Waals surface area (Å²) < 4.78 is 5.21. The van der Waals surface area contributed by atoms with Gasteiger partial charge < -0.3 is 10.1 Å². The topological polar surface area (TPSA) is 47.0 Å². The number of hydrogen-bond acceptors (Lipinski definition) is 4. The number of rotatable bonds is 3. The van der Waals surface area contributed by atoms with Crippen LogP contribution in [0.15, 0.2) is 6.33 Å². The average molecular weight is 235 g/mol. The van der Waals surface area contributed by atoms with Gasteiger partial charge in [0.25, 0.3) is 0 Å². The van der Waals surface area contributed by atoms with Crippen LogP contribution in [0, 0.1) is 6.92 Å². The van der Waals surface area contributed by atoms with Crippen molar-refractivity contribution in [1.82, 2.24) is 9.97 Å². The van der Waals surface area contributed by atoms with Crippen molar-refractivity contribution >= 4 is 5.82 Å². The monoisotopic (exact) mass is 235 g/mol. The Kier molecular flexibility index (Phi) is 4.18. The highest BCUT2D eigenvalue weighted by atomic mass is 16.5. The first-order valence-electron chi connectivity index (χ1n) is 6.43. The molecule has 1 fully saturated rings. The molecule has 0 saturated heterocycles. The summed E-state index contributed by atoms with van der Waals surface area (Å²) in [5.41, 5.74) is 0.999. The SMILES string of the molecule is COc1ncnc(NC2CCCCCC2)c1C. The Bertz CT molecular complexity index is 360. The maximum absolute atomic E-state index is 5.21. The minimum Gasteiger partial charge on any atom is -0.481 e. The van der Waals surface area contributed by atoms with Gasteiger partial charge in [0.05, 0.1) is 12.7 Å². The second kappa shape index (κ2) is 5.84. The van der Waals surface area contributed by atoms with Crippen LogP contribution in [0.5, 0.6) is 5.88 Å². The molecule has 0 aliphatic heterocycles. The van der Waals surface area contributed by atoms with Gasteiger partial charge in [-0.25, -0.2) is 9.97 Å². The third-order valence-corrected chi connectivity index (χ3v) is 3.43. The summed E-state index contributed by atoms with van der Waals surface area (Å²) in [4.78, 5) is 8.41. The first kappa shape index (κ1) is 12.1. The lowest BCUT2D eigenvalue weighted by atomic mass is 10.1. The standard InChI is InChI=1S/C13H21N3O/c1-10-12(14-9-15-13(10)17-2)16-11-7-5-3-4-6-8-11/h9,11H,3-8H2,1-2H3,(H,14,15,16). The molecule has 1 aliphatic rings. The number of hydrogen-bond donors (Lipinski definition) is 1. The van der Waals surface area contributed by atoms with Crippen LogP contribution in [0.1, 0.15) is 44.1 Å². The van der Waals surface area contributed by atoms with E-state index < -0.39 is 0 Å². The van der Waals surface area contributed by atoms with Crippen LogP contribution >= 0.6 is 0 Å². The molecular formula is C13H21N3O. The number of aromatic nitrogens is 2. The molecule has 1 aliphatic carbocycles. The van der Waals surface area contributed by atoms with Crippen molar-refractivity contribution in [3.05, 3.63) is 11.9 Å². The van der Waals surface area contributed by atoms with Crippen LogP contribution in [0.2, 0.25) is 0 Å². The Balaban J connectivity index is 2.06. The molecule has 0 spiro atoms. The van der Waals surface area contributed by atoms with Gasteiger partial charge in [0.15, 0.2) is 0 Å². The smallest absolute Gasteiger partial charge is 0.221 e. The molecule has 1 heterocycles. The van der Waals surface area contributed by atoms with Gasteiger partial charge in [-0.1, -0.05) is 25.7 Å². The van der Waals surface area contributed by atoms with E-state index >= 15 is 0 Å². The maximum atomic E-state index is 5.21. The van der Waals surface area contributed by atoms with E-state index in [2.05, 4.69) is 15.3 Å². The Hall–Kier alpha value is -1.32. The Morgan fingerprint density at radius 3 is 2.53 bits per heavy atom. The molecule has 1 aromatic rings. The van der Waals surface area contributed by atoms with Crippen molar-refractivity contribution in [2.24, 2.45) is 0 Å². The van der Waals surface area contributed by atoms with Crippen LogP contribution in [0.3, 0.4) is 0 Å². The van der Waals surface area contributed by atoms with Crippen LogP contribution in [-0.4, -0.2) is 23.1 Å². The predicted molar refractivity (Wildman–Crippen MR) is 68.4 cm³/mol. The van der Waals surface area contributed by atoms with Gasteiger partial charge in [-0.3, -0.25) is 0 Å². The van der Waals surface area contributed by atoms with Crippen molar-refractivity contribution < 1.29 is 4.74 Å². The molecular weight excluding hydrogens is 214 g/mol. The van der Waals surface area contributed by atoms with Gasteiger partial charge in [0, 0.05) is 6.04 Å². The van der Waals surface area contributed by atoms with Crippen LogP contribution < -0.4 is 10.1 Å². The van der Waals surface area contributed by atoms with Gasteiger partial charge >= 0.3 is 0 Å². The normalized spacial score (nSPS) is 17.5. The lowest BCUT2D eigenvalue weighted by Crippen LogP contribution is -2.20. The summed E-state index contributed by atoms with van der Waals surface area (Å²) in [5.74, 6) is 1.58. The number of ether oxygens (including phenoxy) is 1. The molecule has 17 heavy (non-hydrogen) atoms. The summed E-state index contributed by atoms with van der Waals surface area (Å²) in [6.45, 7) is 2.00. The number of nitrogens with one attached hydrogen (secondary N) is 1. The summed E-state index contributed by atoms with van der Waals surface area (Å²) in [5, 5.41) is 3.53. The Morgan fingerprint density at radius 1 is 1.18 bits per heavy atom. The van der Waals surface area contributed by atoms with Gasteiger partial charge in [-0.2, -0.15) is 0 Å². The van der Waals surface area contributed by atoms with Crippen molar-refractivity contribution in [1.29, 1.82) is 0 Å². The zero-order chi connectivity index (χ0) is 12.1. The van der Waals surface area contributed by atoms with E-state index in [4.69, 9.17) is 4.74 Å². The fraction of sp³-hybridized carbons (Fsp3) is 0.692. The molecule has 0 unspecified atom stereocenters. The first-order valence-corrected chi connectivity index (χ1v) is 6.43. The molecule has 2 rings (SSSR count). The first-order chi connectivity index (χ1) is 8.31. The van der Waals surface area contributed by atoms with E-state index in [1.165, 1.54) is 38.5 Å². The van der Waals surface area contributed by atoms with Gasteiger partial charge in [0.1, 0.15) is 12.1 Å². The summed E-state index contributed by atoms with van der Waals surface area (Å²) in [6.07, 6.45) is 9.41. The lowest BCUT2D eigenvalue weighted by molar-refractivity contribution is 0.393. The third kappa shape index (κ3) is 3.08. The maximum Gasteiger partial charge on any atom is 0.221 e. The molecule has 0 radical (unpaired) electrons. The molecule has 0 amide bonds. The van der Waals surface area contributed by atoms with Crippen LogP contribution in [0.25, 0.3) is 0 Å². The van der Waals surface area contributed by atoms with Crippen molar-refractivity contribution in [3.8, 4) is 5.88 Å². The Labute approximate surface area is 103 Å². The number of methoxy groups -OCH3 is 1. The van der Waals surface area contributed by atoms with Gasteiger partial charge in [-0.15, -0.1) is 0 Å². The summed E-state index contributed by atoms with van der Waals surface area (Å²) in [7, 11) is 1.64. The van der Waals surface area contributed by atoms with Crippen molar-refractivity contribution in [2.45, 2.75) is 51.5 Å². The third-order valence-electron chi connectivity index (χ3n) is 3.43. The highest BCUT2D eigenvalue weighted by Crippen LogP contribution is 2.24. The highest BCUT2D eigenvalue weighted by molar-refractivity contribution is 5.48. The molecule has 0 atom stereocenters. The summed E-state index contributed by atoms with van der Waals surface area (Å²) >= 11 is 0. The van der Waals surface area contributed by atoms with Gasteiger partial charge in [0.2, 0.25) is 5.88 Å². The second-order valence-electron chi connectivity index (χ2n) is 4.69. The minimum atomic E-state index is 0.552. The quantitative estimate of drug-likeness (QED) is 0.818. The van der Waals surface area contributed by atoms with E-state index in [-0.39, 0.29) is 0 Å². The molecule has 1 saturated carbocycles. The average Bonchev–Trinajstić information content (AvgIpc) is 2.60. The molecule has 1 N–H and O–H groups in total. The zero-order valence-electron chi connectivity index (χ0n) is 10.7. The predicted octanol–water partition coefficient (Wildman–Crippen LogP) is 2.93. The lowest BCUT2D eigenvalue weighted by Gasteiger charge is -2.18. The number of nitrogens with zero attached hydrogens (tertiary/aromatic N) is 2. The van der Waals surface area contributed by atoms with Crippen LogP contribution in [-0.2, 0) is 0 Å². The largest absolute Gasteiger partial charge is 0.481 e. The van der Waals surface area contributed by atoms with E-state index in [0.717, 1.165) is 11.4 Å². The fourth-order valence-corrected chi connectivity index (χ4v) is 2.40. The van der Waals surface area contributed by atoms with E-state index in [1.807, 2.05) is 6.92 Å². The zero-order valence-corrected chi connectivity index (χ0v) is 10.7. The fourth-order valence-electron chi connectivity index (χ4n) is 2.40. The Morgan fingerprint density at radius 2 is 1.88 bits per heavy atom. The summed E-state index contributed by atoms with van der Waals surface area (Å²) in [6, 6.07) is 0.552. The molecule has 94 valence electrons. The molecule has 4 nitrogen and oxygen atoms in total. The molecule has 0 bridgehead atoms. The van der Waals surface area contributed by atoms with E-state index in [0.29, 0.717) is 11.9 Å². The molecule has 1 aromatic heterocycles. The van der Waals surface area contributed by atoms with Crippen molar-refractivity contribution in [2.75, 3.05) is 12.4 Å². The molecule has 4 heteroatoms. The van der Waals surface area contributed by atoms with Crippen LogP contribution in [0.4, 0.5) is 5.82 Å². The molecule has 0 aromatic carbocycles. The second-order valence-corrected chi connectivity index (χ2v) is 4.69. The van der Waals surface area contributed by atoms with E-state index in [1.54, 1.807) is 13.4 Å². The highest BCUT2D eigenvalue weighted by Gasteiger charge is 2.15. The van der Waals surface area contributed by atoms with E-state index in [9.17, 15) is 0 Å². The number of anilines is 1. The van der Waals surface area contributed by atoms with Gasteiger partial charge in [-0.05, 0) is 19.8 Å². The van der Waals surface area contributed by atoms with Crippen molar-refractivity contribution in [3.63, 3.8) is 0 Å². The minimum absolute atomic E-state index is 0.552.